The highest BCUT2D eigenvalue weighted by Gasteiger charge is 2.06. The monoisotopic (exact) mass is 105 g/mol. The van der Waals surface area contributed by atoms with Crippen LogP contribution in [0.25, 0.3) is 0 Å². The Morgan fingerprint density at radius 1 is 1.67 bits per heavy atom. The summed E-state index contributed by atoms with van der Waals surface area (Å²) in [5, 5.41) is 8.53. The molecule has 1 saturated heterocycles. The summed E-state index contributed by atoms with van der Waals surface area (Å²) in [7, 11) is 0. The van der Waals surface area contributed by atoms with Gasteiger partial charge in [-0.1, -0.05) is 11.9 Å². The second-order valence-corrected chi connectivity index (χ2v) is 2.35. The van der Waals surface area contributed by atoms with E-state index in [-0.39, 0.29) is 0 Å². The summed E-state index contributed by atoms with van der Waals surface area (Å²) in [6.07, 6.45) is 1.13. The summed E-state index contributed by atoms with van der Waals surface area (Å²) in [5.74, 6) is 1.08. The summed E-state index contributed by atoms with van der Waals surface area (Å²) in [6, 6.07) is 0. The Hall–Kier alpha value is 0.270. The van der Waals surface area contributed by atoms with Crippen molar-refractivity contribution in [1.82, 2.24) is 4.47 Å². The molecule has 0 saturated carbocycles. The molecule has 0 spiro atoms. The van der Waals surface area contributed by atoms with Crippen LogP contribution in [0, 0.1) is 0 Å². The van der Waals surface area contributed by atoms with Crippen molar-refractivity contribution < 1.29 is 5.21 Å². The van der Waals surface area contributed by atoms with Crippen LogP contribution in [0.4, 0.5) is 0 Å². The highest BCUT2D eigenvalue weighted by molar-refractivity contribution is 7.97. The first kappa shape index (κ1) is 4.43. The van der Waals surface area contributed by atoms with Crippen LogP contribution in [0.2, 0.25) is 0 Å². The first-order valence-electron chi connectivity index (χ1n) is 1.99. The minimum absolute atomic E-state index is 0.838. The summed E-state index contributed by atoms with van der Waals surface area (Å²) in [4.78, 5) is 0. The van der Waals surface area contributed by atoms with Crippen LogP contribution < -0.4 is 0 Å². The SMILES string of the molecule is ON1CCCS1. The zero-order valence-corrected chi connectivity index (χ0v) is 4.24. The Bertz CT molecular complexity index is 44.1. The van der Waals surface area contributed by atoms with Crippen molar-refractivity contribution in [1.29, 1.82) is 0 Å². The molecule has 0 aliphatic carbocycles. The minimum atomic E-state index is 0.838. The molecule has 0 bridgehead atoms. The lowest BCUT2D eigenvalue weighted by Crippen LogP contribution is -2.01. The number of nitrogens with zero attached hydrogens (tertiary/aromatic N) is 1. The van der Waals surface area contributed by atoms with Crippen LogP contribution in [0.1, 0.15) is 6.42 Å². The van der Waals surface area contributed by atoms with Gasteiger partial charge in [0.1, 0.15) is 0 Å². The van der Waals surface area contributed by atoms with Gasteiger partial charge in [-0.05, 0) is 6.42 Å². The van der Waals surface area contributed by atoms with Crippen molar-refractivity contribution in [2.45, 2.75) is 6.42 Å². The van der Waals surface area contributed by atoms with Crippen LogP contribution >= 0.6 is 11.9 Å². The van der Waals surface area contributed by atoms with E-state index in [4.69, 9.17) is 5.21 Å². The van der Waals surface area contributed by atoms with E-state index in [2.05, 4.69) is 0 Å². The van der Waals surface area contributed by atoms with Gasteiger partial charge in [-0.15, -0.1) is 4.47 Å². The van der Waals surface area contributed by atoms with Gasteiger partial charge in [0, 0.05) is 12.3 Å². The van der Waals surface area contributed by atoms with E-state index in [1.165, 1.54) is 16.4 Å². The van der Waals surface area contributed by atoms with Gasteiger partial charge in [0.05, 0.1) is 0 Å². The van der Waals surface area contributed by atoms with Gasteiger partial charge in [0.25, 0.3) is 0 Å². The quantitative estimate of drug-likeness (QED) is 0.459. The molecular formula is C3H7NOS. The first-order chi connectivity index (χ1) is 2.89. The molecule has 1 N–H and O–H groups in total. The zero-order chi connectivity index (χ0) is 4.41. The molecule has 0 aromatic rings. The van der Waals surface area contributed by atoms with E-state index >= 15 is 0 Å². The second-order valence-electron chi connectivity index (χ2n) is 1.26. The smallest absolute Gasteiger partial charge is 0.0362 e. The van der Waals surface area contributed by atoms with Crippen molar-refractivity contribution >= 4 is 11.9 Å². The number of hydrogen-bond acceptors (Lipinski definition) is 3. The van der Waals surface area contributed by atoms with Crippen molar-refractivity contribution in [3.8, 4) is 0 Å². The molecule has 3 heteroatoms. The third-order valence-electron chi connectivity index (χ3n) is 0.734. The molecule has 1 aliphatic heterocycles. The summed E-state index contributed by atoms with van der Waals surface area (Å²) < 4.78 is 1.28. The van der Waals surface area contributed by atoms with Gasteiger partial charge in [0.15, 0.2) is 0 Å². The van der Waals surface area contributed by atoms with Gasteiger partial charge >= 0.3 is 0 Å². The third-order valence-corrected chi connectivity index (χ3v) is 1.69. The molecule has 0 amide bonds. The molecule has 0 aromatic carbocycles. The number of hydroxylamine groups is 1. The summed E-state index contributed by atoms with van der Waals surface area (Å²) in [6.45, 7) is 0.838. The van der Waals surface area contributed by atoms with Gasteiger partial charge in [0.2, 0.25) is 0 Å². The lowest BCUT2D eigenvalue weighted by Gasteiger charge is -1.97. The van der Waals surface area contributed by atoms with Crippen LogP contribution in [-0.2, 0) is 0 Å². The van der Waals surface area contributed by atoms with Crippen molar-refractivity contribution in [2.75, 3.05) is 12.3 Å². The molecule has 1 rings (SSSR count). The minimum Gasteiger partial charge on any atom is -0.303 e. The molecule has 36 valence electrons. The number of hydrogen-bond donors (Lipinski definition) is 1. The Morgan fingerprint density at radius 2 is 2.50 bits per heavy atom. The van der Waals surface area contributed by atoms with Gasteiger partial charge < -0.3 is 5.21 Å². The largest absolute Gasteiger partial charge is 0.303 e. The maximum absolute atomic E-state index is 8.53. The molecule has 0 unspecified atom stereocenters. The van der Waals surface area contributed by atoms with Gasteiger partial charge in [-0.2, -0.15) is 0 Å². The van der Waals surface area contributed by atoms with Crippen LogP contribution in [-0.4, -0.2) is 22.0 Å². The van der Waals surface area contributed by atoms with Crippen molar-refractivity contribution in [2.24, 2.45) is 0 Å². The Labute approximate surface area is 41.2 Å². The fourth-order valence-electron chi connectivity index (χ4n) is 0.434. The molecular weight excluding hydrogens is 98.1 g/mol. The van der Waals surface area contributed by atoms with Gasteiger partial charge in [-0.25, -0.2) is 0 Å². The predicted molar refractivity (Wildman–Crippen MR) is 25.6 cm³/mol. The summed E-state index contributed by atoms with van der Waals surface area (Å²) >= 11 is 1.49. The molecule has 2 nitrogen and oxygen atoms in total. The topological polar surface area (TPSA) is 23.5 Å². The molecule has 0 aromatic heterocycles. The van der Waals surface area contributed by atoms with Gasteiger partial charge in [-0.3, -0.25) is 0 Å². The maximum Gasteiger partial charge on any atom is 0.0362 e. The third kappa shape index (κ3) is 0.864. The highest BCUT2D eigenvalue weighted by atomic mass is 32.2. The molecule has 6 heavy (non-hydrogen) atoms. The molecule has 0 radical (unpaired) electrons. The van der Waals surface area contributed by atoms with E-state index in [9.17, 15) is 0 Å². The average molecular weight is 105 g/mol. The second kappa shape index (κ2) is 1.82. The molecule has 1 heterocycles. The molecule has 1 aliphatic rings. The van der Waals surface area contributed by atoms with Crippen LogP contribution in [0.3, 0.4) is 0 Å². The normalized spacial score (nSPS) is 25.5. The fraction of sp³-hybridized carbons (Fsp3) is 1.00. The molecule has 1 fully saturated rings. The maximum atomic E-state index is 8.53. The number of rotatable bonds is 0. The standard InChI is InChI=1S/C3H7NOS/c5-4-2-1-3-6-4/h5H,1-3H2. The van der Waals surface area contributed by atoms with Crippen LogP contribution in [0.15, 0.2) is 0 Å². The highest BCUT2D eigenvalue weighted by Crippen LogP contribution is 2.15. The predicted octanol–water partition coefficient (Wildman–Crippen LogP) is 0.730. The van der Waals surface area contributed by atoms with E-state index in [0.29, 0.717) is 0 Å². The van der Waals surface area contributed by atoms with Crippen molar-refractivity contribution in [3.63, 3.8) is 0 Å². The Morgan fingerprint density at radius 3 is 2.67 bits per heavy atom. The Balaban J connectivity index is 2.18. The summed E-state index contributed by atoms with van der Waals surface area (Å²) in [5.41, 5.74) is 0. The van der Waals surface area contributed by atoms with E-state index in [1.54, 1.807) is 0 Å². The Kier molecular flexibility index (Phi) is 1.34. The zero-order valence-electron chi connectivity index (χ0n) is 3.42. The lowest BCUT2D eigenvalue weighted by atomic mass is 10.5. The lowest BCUT2D eigenvalue weighted by molar-refractivity contribution is 0.0251. The first-order valence-corrected chi connectivity index (χ1v) is 2.93. The average Bonchev–Trinajstić information content (AvgIpc) is 1.86. The van der Waals surface area contributed by atoms with Crippen molar-refractivity contribution in [3.05, 3.63) is 0 Å². The van der Waals surface area contributed by atoms with E-state index < -0.39 is 0 Å². The van der Waals surface area contributed by atoms with E-state index in [1.807, 2.05) is 0 Å². The van der Waals surface area contributed by atoms with E-state index in [0.717, 1.165) is 18.7 Å². The fourth-order valence-corrected chi connectivity index (χ4v) is 1.16. The van der Waals surface area contributed by atoms with Crippen LogP contribution in [0.5, 0.6) is 0 Å². The molecule has 0 atom stereocenters.